The molecule has 0 aromatic rings. The largest absolute Gasteiger partial charge is 1.00 e. The fourth-order valence-electron chi connectivity index (χ4n) is 1.45. The third-order valence-corrected chi connectivity index (χ3v) is 3.30. The van der Waals surface area contributed by atoms with Gasteiger partial charge < -0.3 is 11.6 Å². The van der Waals surface area contributed by atoms with Crippen molar-refractivity contribution in [2.45, 2.75) is 47.4 Å². The molecule has 0 aromatic heterocycles. The Morgan fingerprint density at radius 2 is 0.548 bits per heavy atom. The first-order chi connectivity index (χ1) is 12.6. The minimum absolute atomic E-state index is 0. The number of carboxylic acid groups (broad SMARTS) is 2. The molecule has 0 fully saturated rings. The standard InChI is InChI=1S/C10H2F16O4.Na.H/c11-3(12,1(27)28)5(15,16)7(19,20)9(23,24)10(25,26)8(21,22)6(17,18)4(13,14)2(29)30;;/h(H,27,28)(H,29,30);;/q;+1;-1. The van der Waals surface area contributed by atoms with Crippen molar-refractivity contribution in [3.05, 3.63) is 0 Å². The maximum Gasteiger partial charge on any atom is 1.00 e. The predicted octanol–water partition coefficient (Wildman–Crippen LogP) is 1.35. The first kappa shape index (κ1) is 32.0. The van der Waals surface area contributed by atoms with Crippen molar-refractivity contribution >= 4 is 11.9 Å². The van der Waals surface area contributed by atoms with Crippen LogP contribution in [0.3, 0.4) is 0 Å². The van der Waals surface area contributed by atoms with E-state index < -0.39 is 59.3 Å². The number of rotatable bonds is 9. The minimum atomic E-state index is -8.80. The number of carboxylic acids is 2. The summed E-state index contributed by atoms with van der Waals surface area (Å²) in [5.74, 6) is -74.9. The van der Waals surface area contributed by atoms with Crippen LogP contribution in [0.4, 0.5) is 70.2 Å². The monoisotopic (exact) mass is 514 g/mol. The van der Waals surface area contributed by atoms with Crippen molar-refractivity contribution in [1.82, 2.24) is 0 Å². The Kier molecular flexibility index (Phi) is 8.25. The topological polar surface area (TPSA) is 74.6 Å². The number of alkyl halides is 16. The van der Waals surface area contributed by atoms with Crippen LogP contribution >= 0.6 is 0 Å². The van der Waals surface area contributed by atoms with E-state index in [4.69, 9.17) is 10.2 Å². The van der Waals surface area contributed by atoms with Gasteiger partial charge in [0.1, 0.15) is 0 Å². The van der Waals surface area contributed by atoms with Crippen LogP contribution in [-0.4, -0.2) is 69.5 Å². The average molecular weight is 514 g/mol. The fourth-order valence-corrected chi connectivity index (χ4v) is 1.45. The summed E-state index contributed by atoms with van der Waals surface area (Å²) in [5.41, 5.74) is 0. The van der Waals surface area contributed by atoms with E-state index in [0.29, 0.717) is 0 Å². The van der Waals surface area contributed by atoms with Gasteiger partial charge in [0.25, 0.3) is 0 Å². The van der Waals surface area contributed by atoms with Crippen LogP contribution in [0, 0.1) is 0 Å². The Labute approximate surface area is 180 Å². The first-order valence-electron chi connectivity index (χ1n) is 6.13. The quantitative estimate of drug-likeness (QED) is 0.360. The number of aliphatic carboxylic acids is 2. The van der Waals surface area contributed by atoms with Crippen LogP contribution in [0.25, 0.3) is 0 Å². The molecule has 4 nitrogen and oxygen atoms in total. The van der Waals surface area contributed by atoms with Crippen LogP contribution < -0.4 is 29.6 Å². The summed E-state index contributed by atoms with van der Waals surface area (Å²) in [4.78, 5) is 19.7. The zero-order valence-electron chi connectivity index (χ0n) is 14.8. The van der Waals surface area contributed by atoms with Crippen molar-refractivity contribution in [2.75, 3.05) is 0 Å². The van der Waals surface area contributed by atoms with Gasteiger partial charge in [-0.2, -0.15) is 70.2 Å². The minimum Gasteiger partial charge on any atom is -1.00 e. The van der Waals surface area contributed by atoms with Crippen LogP contribution in [-0.2, 0) is 9.59 Å². The Morgan fingerprint density at radius 3 is 0.677 bits per heavy atom. The van der Waals surface area contributed by atoms with Crippen molar-refractivity contribution in [2.24, 2.45) is 0 Å². The van der Waals surface area contributed by atoms with Crippen molar-refractivity contribution < 1.29 is 121 Å². The third kappa shape index (κ3) is 3.80. The average Bonchev–Trinajstić information content (AvgIpc) is 2.52. The summed E-state index contributed by atoms with van der Waals surface area (Å²) in [6.07, 6.45) is 0. The van der Waals surface area contributed by atoms with Gasteiger partial charge in [0, 0.05) is 0 Å². The molecule has 180 valence electrons. The summed E-state index contributed by atoms with van der Waals surface area (Å²) in [7, 11) is 0. The molecule has 0 heterocycles. The SMILES string of the molecule is O=C(O)C(F)(F)C(F)(F)C(F)(F)C(F)(F)C(F)(F)C(F)(F)C(F)(F)C(F)(F)C(=O)O.[H-].[Na+]. The summed E-state index contributed by atoms with van der Waals surface area (Å²) in [5, 5.41) is 15.3. The van der Waals surface area contributed by atoms with Crippen LogP contribution in [0.1, 0.15) is 1.43 Å². The van der Waals surface area contributed by atoms with Gasteiger partial charge in [-0.25, -0.2) is 9.59 Å². The zero-order valence-corrected chi connectivity index (χ0v) is 15.8. The molecular formula is C10H3F16NaO4. The molecule has 0 rings (SSSR count). The molecule has 0 radical (unpaired) electrons. The van der Waals surface area contributed by atoms with Gasteiger partial charge in [-0.05, 0) is 0 Å². The summed E-state index contributed by atoms with van der Waals surface area (Å²) >= 11 is 0. The second kappa shape index (κ2) is 7.99. The fraction of sp³-hybridized carbons (Fsp3) is 0.800. The zero-order chi connectivity index (χ0) is 25.2. The summed E-state index contributed by atoms with van der Waals surface area (Å²) in [6.45, 7) is 0. The molecule has 0 saturated heterocycles. The van der Waals surface area contributed by atoms with Crippen molar-refractivity contribution in [3.63, 3.8) is 0 Å². The second-order valence-corrected chi connectivity index (χ2v) is 5.21. The van der Waals surface area contributed by atoms with Gasteiger partial charge in [-0.15, -0.1) is 0 Å². The van der Waals surface area contributed by atoms with E-state index >= 15 is 0 Å². The molecule has 0 bridgehead atoms. The molecular weight excluding hydrogens is 511 g/mol. The van der Waals surface area contributed by atoms with Gasteiger partial charge in [0.05, 0.1) is 0 Å². The van der Waals surface area contributed by atoms with E-state index in [2.05, 4.69) is 0 Å². The predicted molar refractivity (Wildman–Crippen MR) is 56.0 cm³/mol. The van der Waals surface area contributed by atoms with Gasteiger partial charge in [0.15, 0.2) is 0 Å². The summed E-state index contributed by atoms with van der Waals surface area (Å²) in [6, 6.07) is 0. The maximum atomic E-state index is 13.2. The first-order valence-corrected chi connectivity index (χ1v) is 6.13. The Morgan fingerprint density at radius 1 is 0.419 bits per heavy atom. The molecule has 0 aromatic carbocycles. The van der Waals surface area contributed by atoms with Crippen LogP contribution in [0.15, 0.2) is 0 Å². The molecule has 0 aliphatic heterocycles. The third-order valence-electron chi connectivity index (χ3n) is 3.30. The van der Waals surface area contributed by atoms with Crippen LogP contribution in [0.2, 0.25) is 0 Å². The Bertz CT molecular complexity index is 664. The number of halogens is 16. The number of hydrogen-bond donors (Lipinski definition) is 2. The number of hydrogen-bond acceptors (Lipinski definition) is 2. The Balaban J connectivity index is -0.00000420. The molecule has 2 N–H and O–H groups in total. The molecule has 0 saturated carbocycles. The molecule has 0 aliphatic rings. The van der Waals surface area contributed by atoms with Crippen molar-refractivity contribution in [1.29, 1.82) is 0 Å². The van der Waals surface area contributed by atoms with Gasteiger partial charge in [-0.1, -0.05) is 0 Å². The normalized spacial score (nSPS) is 15.4. The van der Waals surface area contributed by atoms with E-state index in [-0.39, 0.29) is 31.0 Å². The van der Waals surface area contributed by atoms with Crippen LogP contribution in [0.5, 0.6) is 0 Å². The molecule has 0 spiro atoms. The number of carbonyl (C=O) groups is 2. The second-order valence-electron chi connectivity index (χ2n) is 5.21. The molecule has 0 atom stereocenters. The molecule has 0 aliphatic carbocycles. The molecule has 21 heteroatoms. The van der Waals surface area contributed by atoms with E-state index in [1.165, 1.54) is 0 Å². The smallest absolute Gasteiger partial charge is 1.00 e. The van der Waals surface area contributed by atoms with Gasteiger partial charge in [-0.3, -0.25) is 0 Å². The molecule has 0 unspecified atom stereocenters. The van der Waals surface area contributed by atoms with Crippen molar-refractivity contribution in [3.8, 4) is 0 Å². The Hall–Kier alpha value is -1.18. The summed E-state index contributed by atoms with van der Waals surface area (Å²) < 4.78 is 207. The molecule has 0 amide bonds. The van der Waals surface area contributed by atoms with E-state index in [1.54, 1.807) is 0 Å². The van der Waals surface area contributed by atoms with Gasteiger partial charge in [0.2, 0.25) is 0 Å². The van der Waals surface area contributed by atoms with Gasteiger partial charge >= 0.3 is 88.9 Å². The van der Waals surface area contributed by atoms with E-state index in [1.807, 2.05) is 0 Å². The van der Waals surface area contributed by atoms with E-state index in [9.17, 15) is 79.8 Å². The maximum absolute atomic E-state index is 13.2. The molecule has 31 heavy (non-hydrogen) atoms. The van der Waals surface area contributed by atoms with E-state index in [0.717, 1.165) is 0 Å².